The molecule has 0 spiro atoms. The third kappa shape index (κ3) is 2.21. The zero-order valence-electron chi connectivity index (χ0n) is 9.77. The van der Waals surface area contributed by atoms with E-state index in [0.29, 0.717) is 6.04 Å². The summed E-state index contributed by atoms with van der Waals surface area (Å²) in [5.41, 5.74) is 1.28. The van der Waals surface area contributed by atoms with Crippen LogP contribution in [0.5, 0.6) is 5.75 Å². The van der Waals surface area contributed by atoms with Crippen molar-refractivity contribution in [3.8, 4) is 5.75 Å². The van der Waals surface area contributed by atoms with Crippen molar-refractivity contribution in [3.05, 3.63) is 51.7 Å². The van der Waals surface area contributed by atoms with Crippen LogP contribution < -0.4 is 10.1 Å². The SMILES string of the molecule is Cc1ccc(CNC2COc3ccccc32)s1. The van der Waals surface area contributed by atoms with E-state index in [4.69, 9.17) is 4.74 Å². The minimum absolute atomic E-state index is 0.327. The van der Waals surface area contributed by atoms with Crippen LogP contribution in [0, 0.1) is 6.92 Å². The van der Waals surface area contributed by atoms with E-state index in [-0.39, 0.29) is 0 Å². The van der Waals surface area contributed by atoms with Crippen molar-refractivity contribution < 1.29 is 4.74 Å². The highest BCUT2D eigenvalue weighted by Gasteiger charge is 2.22. The van der Waals surface area contributed by atoms with Crippen molar-refractivity contribution in [2.75, 3.05) is 6.61 Å². The van der Waals surface area contributed by atoms with Crippen LogP contribution in [0.1, 0.15) is 21.4 Å². The van der Waals surface area contributed by atoms with Crippen molar-refractivity contribution in [3.63, 3.8) is 0 Å². The molecule has 0 aliphatic carbocycles. The maximum atomic E-state index is 5.65. The lowest BCUT2D eigenvalue weighted by atomic mass is 10.1. The first-order valence-corrected chi connectivity index (χ1v) is 6.65. The highest BCUT2D eigenvalue weighted by atomic mass is 32.1. The molecule has 1 unspecified atom stereocenters. The van der Waals surface area contributed by atoms with Crippen LogP contribution in [0.15, 0.2) is 36.4 Å². The number of benzene rings is 1. The van der Waals surface area contributed by atoms with Gasteiger partial charge in [-0.05, 0) is 25.1 Å². The number of thiophene rings is 1. The number of fused-ring (bicyclic) bond motifs is 1. The molecule has 1 aromatic carbocycles. The molecule has 1 aliphatic rings. The summed E-state index contributed by atoms with van der Waals surface area (Å²) in [7, 11) is 0. The lowest BCUT2D eigenvalue weighted by Crippen LogP contribution is -2.21. The molecule has 2 aromatic rings. The summed E-state index contributed by atoms with van der Waals surface area (Å²) in [4.78, 5) is 2.75. The van der Waals surface area contributed by atoms with Gasteiger partial charge in [0.15, 0.2) is 0 Å². The number of ether oxygens (including phenoxy) is 1. The van der Waals surface area contributed by atoms with Gasteiger partial charge in [0.05, 0.1) is 6.04 Å². The van der Waals surface area contributed by atoms with E-state index < -0.39 is 0 Å². The molecule has 0 bridgehead atoms. The zero-order valence-corrected chi connectivity index (χ0v) is 10.6. The summed E-state index contributed by atoms with van der Waals surface area (Å²) in [6, 6.07) is 12.9. The van der Waals surface area contributed by atoms with Gasteiger partial charge in [-0.25, -0.2) is 0 Å². The molecule has 2 nitrogen and oxygen atoms in total. The minimum Gasteiger partial charge on any atom is -0.491 e. The average Bonchev–Trinajstić information content (AvgIpc) is 2.93. The van der Waals surface area contributed by atoms with Crippen molar-refractivity contribution in [1.82, 2.24) is 5.32 Å². The quantitative estimate of drug-likeness (QED) is 0.896. The number of hydrogen-bond donors (Lipinski definition) is 1. The Morgan fingerprint density at radius 3 is 3.00 bits per heavy atom. The predicted molar refractivity (Wildman–Crippen MR) is 70.6 cm³/mol. The molecule has 0 amide bonds. The van der Waals surface area contributed by atoms with E-state index in [2.05, 4.69) is 36.5 Å². The van der Waals surface area contributed by atoms with Gasteiger partial charge >= 0.3 is 0 Å². The van der Waals surface area contributed by atoms with Gasteiger partial charge < -0.3 is 10.1 Å². The molecule has 0 saturated heterocycles. The number of aryl methyl sites for hydroxylation is 1. The first kappa shape index (κ1) is 10.8. The summed E-state index contributed by atoms with van der Waals surface area (Å²) in [5, 5.41) is 3.55. The Balaban J connectivity index is 1.68. The van der Waals surface area contributed by atoms with Crippen LogP contribution in [-0.4, -0.2) is 6.61 Å². The molecule has 3 rings (SSSR count). The third-order valence-corrected chi connectivity index (χ3v) is 4.02. The standard InChI is InChI=1S/C14H15NOS/c1-10-6-7-11(17-10)8-15-13-9-16-14-5-3-2-4-12(13)14/h2-7,13,15H,8-9H2,1H3. The van der Waals surface area contributed by atoms with E-state index >= 15 is 0 Å². The lowest BCUT2D eigenvalue weighted by Gasteiger charge is -2.10. The molecule has 0 saturated carbocycles. The first-order valence-electron chi connectivity index (χ1n) is 5.83. The maximum absolute atomic E-state index is 5.65. The fourth-order valence-electron chi connectivity index (χ4n) is 2.14. The highest BCUT2D eigenvalue weighted by Crippen LogP contribution is 2.32. The molecule has 17 heavy (non-hydrogen) atoms. The Morgan fingerprint density at radius 2 is 2.18 bits per heavy atom. The van der Waals surface area contributed by atoms with Crippen LogP contribution in [0.4, 0.5) is 0 Å². The predicted octanol–water partition coefficient (Wildman–Crippen LogP) is 3.28. The molecule has 88 valence electrons. The van der Waals surface area contributed by atoms with E-state index in [1.54, 1.807) is 0 Å². The summed E-state index contributed by atoms with van der Waals surface area (Å²) in [6.07, 6.45) is 0. The molecule has 1 aliphatic heterocycles. The third-order valence-electron chi connectivity index (χ3n) is 3.02. The van der Waals surface area contributed by atoms with E-state index in [1.165, 1.54) is 15.3 Å². The highest BCUT2D eigenvalue weighted by molar-refractivity contribution is 7.11. The van der Waals surface area contributed by atoms with Crippen molar-refractivity contribution >= 4 is 11.3 Å². The number of rotatable bonds is 3. The number of para-hydroxylation sites is 1. The largest absolute Gasteiger partial charge is 0.491 e. The fourth-order valence-corrected chi connectivity index (χ4v) is 2.98. The van der Waals surface area contributed by atoms with Crippen LogP contribution in [0.3, 0.4) is 0 Å². The molecule has 0 fully saturated rings. The van der Waals surface area contributed by atoms with Gasteiger partial charge in [-0.1, -0.05) is 18.2 Å². The minimum atomic E-state index is 0.327. The summed E-state index contributed by atoms with van der Waals surface area (Å²) in [6.45, 7) is 3.80. The maximum Gasteiger partial charge on any atom is 0.124 e. The van der Waals surface area contributed by atoms with Crippen LogP contribution >= 0.6 is 11.3 Å². The van der Waals surface area contributed by atoms with Crippen LogP contribution in [-0.2, 0) is 6.54 Å². The van der Waals surface area contributed by atoms with Gasteiger partial charge in [0.25, 0.3) is 0 Å². The number of hydrogen-bond acceptors (Lipinski definition) is 3. The Labute approximate surface area is 105 Å². The van der Waals surface area contributed by atoms with E-state index in [1.807, 2.05) is 23.5 Å². The molecular weight excluding hydrogens is 230 g/mol. The van der Waals surface area contributed by atoms with Gasteiger partial charge in [-0.15, -0.1) is 11.3 Å². The normalized spacial score (nSPS) is 17.8. The Morgan fingerprint density at radius 1 is 1.29 bits per heavy atom. The number of nitrogens with one attached hydrogen (secondary N) is 1. The molecule has 1 aromatic heterocycles. The first-order chi connectivity index (χ1) is 8.33. The monoisotopic (exact) mass is 245 g/mol. The lowest BCUT2D eigenvalue weighted by molar-refractivity contribution is 0.311. The van der Waals surface area contributed by atoms with Crippen molar-refractivity contribution in [2.45, 2.75) is 19.5 Å². The Hall–Kier alpha value is -1.32. The van der Waals surface area contributed by atoms with Crippen molar-refractivity contribution in [2.24, 2.45) is 0 Å². The van der Waals surface area contributed by atoms with Gasteiger partial charge in [-0.2, -0.15) is 0 Å². The zero-order chi connectivity index (χ0) is 11.7. The molecule has 1 atom stereocenters. The van der Waals surface area contributed by atoms with Gasteiger partial charge in [0.1, 0.15) is 12.4 Å². The van der Waals surface area contributed by atoms with Gasteiger partial charge in [0, 0.05) is 21.9 Å². The van der Waals surface area contributed by atoms with Crippen LogP contribution in [0.25, 0.3) is 0 Å². The second-order valence-corrected chi connectivity index (χ2v) is 5.67. The Bertz CT molecular complexity index is 520. The average molecular weight is 245 g/mol. The molecule has 3 heteroatoms. The van der Waals surface area contributed by atoms with Gasteiger partial charge in [0.2, 0.25) is 0 Å². The second kappa shape index (κ2) is 4.51. The summed E-state index contributed by atoms with van der Waals surface area (Å²) < 4.78 is 5.65. The van der Waals surface area contributed by atoms with Crippen molar-refractivity contribution in [1.29, 1.82) is 0 Å². The summed E-state index contributed by atoms with van der Waals surface area (Å²) in [5.74, 6) is 1.02. The summed E-state index contributed by atoms with van der Waals surface area (Å²) >= 11 is 1.85. The fraction of sp³-hybridized carbons (Fsp3) is 0.286. The molecule has 1 N–H and O–H groups in total. The van der Waals surface area contributed by atoms with Crippen LogP contribution in [0.2, 0.25) is 0 Å². The van der Waals surface area contributed by atoms with Gasteiger partial charge in [-0.3, -0.25) is 0 Å². The topological polar surface area (TPSA) is 21.3 Å². The molecular formula is C14H15NOS. The molecule has 0 radical (unpaired) electrons. The van der Waals surface area contributed by atoms with E-state index in [9.17, 15) is 0 Å². The molecule has 2 heterocycles. The second-order valence-electron chi connectivity index (χ2n) is 4.29. The Kier molecular flexibility index (Phi) is 2.87. The smallest absolute Gasteiger partial charge is 0.124 e. The van der Waals surface area contributed by atoms with E-state index in [0.717, 1.165) is 18.9 Å².